The summed E-state index contributed by atoms with van der Waals surface area (Å²) in [5, 5.41) is 33.8. The number of phenolic OH excluding ortho intramolecular Hbond substituents is 1. The largest absolute Gasteiger partial charge is 0.508 e. The first-order valence-corrected chi connectivity index (χ1v) is 11.3. The van der Waals surface area contributed by atoms with Crippen LogP contribution in [0.2, 0.25) is 0 Å². The lowest BCUT2D eigenvalue weighted by Crippen LogP contribution is -2.59. The van der Waals surface area contributed by atoms with E-state index in [4.69, 9.17) is 5.73 Å². The average molecular weight is 479 g/mol. The maximum atomic E-state index is 13.3. The standard InChI is InChI=1S/C23H34N4O7/c1-12(2)19(26-20(30)18(24)13(3)28)21(31)25-16(11-14-6-8-15(29)9-7-14)22(32)27-10-4-5-17(27)23(33)34/h6-9,12-13,16-19,28-29H,4-5,10-11,24H2,1-3H3,(H,25,31)(H,26,30)(H,33,34). The molecule has 2 rings (SSSR count). The Morgan fingerprint density at radius 1 is 1.09 bits per heavy atom. The molecule has 1 aliphatic rings. The van der Waals surface area contributed by atoms with Gasteiger partial charge in [0.25, 0.3) is 0 Å². The van der Waals surface area contributed by atoms with Crippen molar-refractivity contribution in [2.24, 2.45) is 11.7 Å². The molecule has 7 N–H and O–H groups in total. The summed E-state index contributed by atoms with van der Waals surface area (Å²) < 4.78 is 0. The van der Waals surface area contributed by atoms with Crippen LogP contribution in [0.1, 0.15) is 39.2 Å². The van der Waals surface area contributed by atoms with Crippen LogP contribution in [0.3, 0.4) is 0 Å². The van der Waals surface area contributed by atoms with Crippen molar-refractivity contribution in [1.82, 2.24) is 15.5 Å². The van der Waals surface area contributed by atoms with E-state index in [9.17, 15) is 34.5 Å². The Morgan fingerprint density at radius 3 is 2.24 bits per heavy atom. The van der Waals surface area contributed by atoms with Crippen LogP contribution in [0.5, 0.6) is 5.75 Å². The SMILES string of the molecule is CC(C)C(NC(=O)C(N)C(C)O)C(=O)NC(Cc1ccc(O)cc1)C(=O)N1CCCC1C(=O)O. The van der Waals surface area contributed by atoms with Gasteiger partial charge in [-0.1, -0.05) is 26.0 Å². The molecule has 0 aromatic heterocycles. The van der Waals surface area contributed by atoms with Crippen molar-refractivity contribution in [2.75, 3.05) is 6.54 Å². The van der Waals surface area contributed by atoms with Crippen molar-refractivity contribution in [3.8, 4) is 5.75 Å². The van der Waals surface area contributed by atoms with Gasteiger partial charge in [0.2, 0.25) is 17.7 Å². The highest BCUT2D eigenvalue weighted by molar-refractivity contribution is 5.94. The smallest absolute Gasteiger partial charge is 0.326 e. The number of carboxylic acid groups (broad SMARTS) is 1. The van der Waals surface area contributed by atoms with E-state index < -0.39 is 54.0 Å². The number of carbonyl (C=O) groups is 4. The molecule has 0 saturated carbocycles. The molecule has 5 unspecified atom stereocenters. The lowest BCUT2D eigenvalue weighted by Gasteiger charge is -2.30. The van der Waals surface area contributed by atoms with E-state index in [2.05, 4.69) is 10.6 Å². The third-order valence-electron chi connectivity index (χ3n) is 5.88. The molecule has 188 valence electrons. The van der Waals surface area contributed by atoms with Gasteiger partial charge in [0.15, 0.2) is 0 Å². The molecule has 1 fully saturated rings. The third-order valence-corrected chi connectivity index (χ3v) is 5.88. The van der Waals surface area contributed by atoms with Gasteiger partial charge in [0.1, 0.15) is 29.9 Å². The van der Waals surface area contributed by atoms with Crippen LogP contribution in [-0.2, 0) is 25.6 Å². The van der Waals surface area contributed by atoms with E-state index in [0.717, 1.165) is 0 Å². The average Bonchev–Trinajstić information content (AvgIpc) is 3.27. The Morgan fingerprint density at radius 2 is 1.71 bits per heavy atom. The van der Waals surface area contributed by atoms with Gasteiger partial charge in [-0.2, -0.15) is 0 Å². The minimum Gasteiger partial charge on any atom is -0.508 e. The molecule has 3 amide bonds. The normalized spacial score (nSPS) is 19.2. The fraction of sp³-hybridized carbons (Fsp3) is 0.565. The number of nitrogens with one attached hydrogen (secondary N) is 2. The number of rotatable bonds is 10. The zero-order valence-corrected chi connectivity index (χ0v) is 19.6. The number of aliphatic carboxylic acids is 1. The second-order valence-electron chi connectivity index (χ2n) is 8.96. The van der Waals surface area contributed by atoms with Crippen LogP contribution in [0.4, 0.5) is 0 Å². The molecule has 11 heteroatoms. The van der Waals surface area contributed by atoms with E-state index in [1.807, 2.05) is 0 Å². The zero-order valence-electron chi connectivity index (χ0n) is 19.6. The van der Waals surface area contributed by atoms with E-state index in [1.54, 1.807) is 26.0 Å². The second-order valence-corrected chi connectivity index (χ2v) is 8.96. The predicted molar refractivity (Wildman–Crippen MR) is 123 cm³/mol. The number of amides is 3. The summed E-state index contributed by atoms with van der Waals surface area (Å²) in [5.41, 5.74) is 6.31. The van der Waals surface area contributed by atoms with Gasteiger partial charge in [-0.15, -0.1) is 0 Å². The monoisotopic (exact) mass is 478 g/mol. The number of phenols is 1. The highest BCUT2D eigenvalue weighted by Crippen LogP contribution is 2.20. The van der Waals surface area contributed by atoms with Crippen molar-refractivity contribution >= 4 is 23.7 Å². The van der Waals surface area contributed by atoms with E-state index in [1.165, 1.54) is 24.0 Å². The Kier molecular flexibility index (Phi) is 9.39. The summed E-state index contributed by atoms with van der Waals surface area (Å²) >= 11 is 0. The molecule has 11 nitrogen and oxygen atoms in total. The molecule has 1 aromatic rings. The molecule has 1 heterocycles. The first-order valence-electron chi connectivity index (χ1n) is 11.3. The molecule has 0 bridgehead atoms. The van der Waals surface area contributed by atoms with E-state index in [0.29, 0.717) is 18.4 Å². The molecule has 34 heavy (non-hydrogen) atoms. The Hall–Kier alpha value is -3.18. The maximum Gasteiger partial charge on any atom is 0.326 e. The van der Waals surface area contributed by atoms with Crippen molar-refractivity contribution in [3.63, 3.8) is 0 Å². The Balaban J connectivity index is 2.27. The van der Waals surface area contributed by atoms with Crippen LogP contribution in [-0.4, -0.2) is 80.7 Å². The van der Waals surface area contributed by atoms with Crippen molar-refractivity contribution < 1.29 is 34.5 Å². The number of carboxylic acids is 1. The van der Waals surface area contributed by atoms with E-state index >= 15 is 0 Å². The quantitative estimate of drug-likeness (QED) is 0.256. The Bertz CT molecular complexity index is 888. The van der Waals surface area contributed by atoms with Gasteiger partial charge in [-0.25, -0.2) is 4.79 Å². The van der Waals surface area contributed by atoms with Crippen LogP contribution >= 0.6 is 0 Å². The van der Waals surface area contributed by atoms with Crippen LogP contribution in [0.15, 0.2) is 24.3 Å². The number of nitrogens with two attached hydrogens (primary N) is 1. The molecular formula is C23H34N4O7. The fourth-order valence-electron chi connectivity index (χ4n) is 3.82. The number of aromatic hydroxyl groups is 1. The molecule has 1 saturated heterocycles. The molecule has 0 aliphatic carbocycles. The molecule has 5 atom stereocenters. The number of hydrogen-bond donors (Lipinski definition) is 6. The van der Waals surface area contributed by atoms with Gasteiger partial charge in [0, 0.05) is 13.0 Å². The van der Waals surface area contributed by atoms with Gasteiger partial charge in [-0.3, -0.25) is 14.4 Å². The predicted octanol–water partition coefficient (Wildman–Crippen LogP) is -0.656. The molecule has 1 aromatic carbocycles. The lowest BCUT2D eigenvalue weighted by molar-refractivity contribution is -0.149. The maximum absolute atomic E-state index is 13.3. The van der Waals surface area contributed by atoms with Gasteiger partial charge in [-0.05, 0) is 43.4 Å². The number of aliphatic hydroxyl groups is 1. The first kappa shape index (κ1) is 27.1. The van der Waals surface area contributed by atoms with Crippen LogP contribution < -0.4 is 16.4 Å². The summed E-state index contributed by atoms with van der Waals surface area (Å²) in [6, 6.07) is 1.75. The minimum absolute atomic E-state index is 0.0400. The van der Waals surface area contributed by atoms with Crippen molar-refractivity contribution in [3.05, 3.63) is 29.8 Å². The highest BCUT2D eigenvalue weighted by Gasteiger charge is 2.39. The summed E-state index contributed by atoms with van der Waals surface area (Å²) in [6.07, 6.45) is -0.213. The molecule has 1 aliphatic heterocycles. The number of nitrogens with zero attached hydrogens (tertiary/aromatic N) is 1. The van der Waals surface area contributed by atoms with Crippen molar-refractivity contribution in [2.45, 2.75) is 70.3 Å². The second kappa shape index (κ2) is 11.8. The number of hydrogen-bond acceptors (Lipinski definition) is 7. The summed E-state index contributed by atoms with van der Waals surface area (Å²) in [7, 11) is 0. The van der Waals surface area contributed by atoms with Crippen LogP contribution in [0.25, 0.3) is 0 Å². The molecule has 0 spiro atoms. The number of aliphatic hydroxyl groups excluding tert-OH is 1. The minimum atomic E-state index is -1.23. The number of carbonyl (C=O) groups excluding carboxylic acids is 3. The zero-order chi connectivity index (χ0) is 25.6. The Labute approximate surface area is 198 Å². The summed E-state index contributed by atoms with van der Waals surface area (Å²) in [5.74, 6) is -3.33. The topological polar surface area (TPSA) is 182 Å². The number of benzene rings is 1. The molecule has 0 radical (unpaired) electrons. The van der Waals surface area contributed by atoms with Crippen LogP contribution in [0, 0.1) is 5.92 Å². The highest BCUT2D eigenvalue weighted by atomic mass is 16.4. The third kappa shape index (κ3) is 6.91. The molecular weight excluding hydrogens is 444 g/mol. The lowest BCUT2D eigenvalue weighted by atomic mass is 10.00. The summed E-state index contributed by atoms with van der Waals surface area (Å²) in [4.78, 5) is 51.7. The van der Waals surface area contributed by atoms with Gasteiger partial charge >= 0.3 is 5.97 Å². The first-order chi connectivity index (χ1) is 15.9. The number of likely N-dealkylation sites (tertiary alicyclic amines) is 1. The van der Waals surface area contributed by atoms with Gasteiger partial charge < -0.3 is 36.6 Å². The van der Waals surface area contributed by atoms with E-state index in [-0.39, 0.29) is 24.6 Å². The fourth-order valence-corrected chi connectivity index (χ4v) is 3.82. The van der Waals surface area contributed by atoms with Crippen molar-refractivity contribution in [1.29, 1.82) is 0 Å². The van der Waals surface area contributed by atoms with Gasteiger partial charge in [0.05, 0.1) is 6.10 Å². The summed E-state index contributed by atoms with van der Waals surface area (Å²) in [6.45, 7) is 5.02.